The predicted molar refractivity (Wildman–Crippen MR) is 166 cm³/mol. The van der Waals surface area contributed by atoms with Gasteiger partial charge in [-0.25, -0.2) is 13.4 Å². The quantitative estimate of drug-likeness (QED) is 0.162. The van der Waals surface area contributed by atoms with Crippen molar-refractivity contribution in [3.63, 3.8) is 0 Å². The topological polar surface area (TPSA) is 97.4 Å². The van der Waals surface area contributed by atoms with Gasteiger partial charge >= 0.3 is 0 Å². The summed E-state index contributed by atoms with van der Waals surface area (Å²) < 4.78 is 33.6. The number of carbonyl (C=O) groups is 1. The molecule has 2 N–H and O–H groups in total. The number of ether oxygens (including phenoxy) is 1. The van der Waals surface area contributed by atoms with Crippen molar-refractivity contribution in [1.29, 1.82) is 0 Å². The lowest BCUT2D eigenvalue weighted by Crippen LogP contribution is -2.19. The highest BCUT2D eigenvalue weighted by molar-refractivity contribution is 8.00. The molecule has 10 heteroatoms. The molecule has 208 valence electrons. The van der Waals surface area contributed by atoms with Crippen LogP contribution < -0.4 is 14.8 Å². The number of thioether (sulfide) groups is 1. The van der Waals surface area contributed by atoms with Gasteiger partial charge in [-0.3, -0.25) is 9.52 Å². The van der Waals surface area contributed by atoms with Crippen LogP contribution >= 0.6 is 23.1 Å². The second-order valence-electron chi connectivity index (χ2n) is 9.08. The molecule has 1 amide bonds. The fourth-order valence-electron chi connectivity index (χ4n) is 4.05. The first kappa shape index (κ1) is 28.4. The highest BCUT2D eigenvalue weighted by Gasteiger charge is 2.24. The van der Waals surface area contributed by atoms with Gasteiger partial charge in [0.25, 0.3) is 10.0 Å². The first-order valence-electron chi connectivity index (χ1n) is 12.6. The minimum Gasteiger partial charge on any atom is -0.496 e. The summed E-state index contributed by atoms with van der Waals surface area (Å²) in [6.07, 6.45) is 0. The average molecular weight is 602 g/mol. The number of benzene rings is 4. The number of hydrogen-bond acceptors (Lipinski definition) is 7. The summed E-state index contributed by atoms with van der Waals surface area (Å²) in [7, 11) is -2.10. The molecule has 0 saturated carbocycles. The van der Waals surface area contributed by atoms with Gasteiger partial charge in [-0.15, -0.1) is 23.1 Å². The minimum absolute atomic E-state index is 0.193. The van der Waals surface area contributed by atoms with Gasteiger partial charge in [0.05, 0.1) is 17.7 Å². The lowest BCUT2D eigenvalue weighted by atomic mass is 10.1. The number of nitrogens with one attached hydrogen (secondary N) is 2. The lowest BCUT2D eigenvalue weighted by Gasteiger charge is -2.16. The zero-order chi connectivity index (χ0) is 28.8. The molecule has 0 aliphatic carbocycles. The summed E-state index contributed by atoms with van der Waals surface area (Å²) in [5.41, 5.74) is 3.81. The Kier molecular flexibility index (Phi) is 8.72. The van der Waals surface area contributed by atoms with Crippen LogP contribution in [0.5, 0.6) is 5.75 Å². The smallest absolute Gasteiger partial charge is 0.261 e. The molecule has 5 rings (SSSR count). The zero-order valence-electron chi connectivity index (χ0n) is 22.3. The first-order chi connectivity index (χ1) is 19.8. The maximum absolute atomic E-state index is 13.5. The van der Waals surface area contributed by atoms with Gasteiger partial charge in [-0.1, -0.05) is 60.2 Å². The van der Waals surface area contributed by atoms with E-state index in [1.54, 1.807) is 55.6 Å². The van der Waals surface area contributed by atoms with E-state index in [1.807, 2.05) is 66.9 Å². The number of para-hydroxylation sites is 1. The molecule has 1 atom stereocenters. The van der Waals surface area contributed by atoms with Crippen LogP contribution in [-0.4, -0.2) is 26.4 Å². The van der Waals surface area contributed by atoms with Crippen molar-refractivity contribution in [2.45, 2.75) is 22.0 Å². The largest absolute Gasteiger partial charge is 0.496 e. The lowest BCUT2D eigenvalue weighted by molar-refractivity contribution is -0.115. The van der Waals surface area contributed by atoms with Crippen LogP contribution in [0.15, 0.2) is 118 Å². The van der Waals surface area contributed by atoms with E-state index in [0.29, 0.717) is 16.6 Å². The number of anilines is 2. The highest BCUT2D eigenvalue weighted by Crippen LogP contribution is 2.38. The molecule has 0 aliphatic rings. The van der Waals surface area contributed by atoms with Gasteiger partial charge in [0.2, 0.25) is 5.91 Å². The molecule has 0 aliphatic heterocycles. The number of carbonyl (C=O) groups excluding carboxylic acids is 1. The number of aryl methyl sites for hydroxylation is 1. The number of aromatic nitrogens is 1. The van der Waals surface area contributed by atoms with Crippen molar-refractivity contribution in [3.05, 3.63) is 120 Å². The van der Waals surface area contributed by atoms with Crippen LogP contribution in [0.1, 0.15) is 16.4 Å². The molecule has 0 fully saturated rings. The maximum atomic E-state index is 13.5. The Bertz CT molecular complexity index is 1740. The minimum atomic E-state index is -3.71. The van der Waals surface area contributed by atoms with E-state index in [4.69, 9.17) is 4.74 Å². The molecule has 1 aromatic heterocycles. The number of hydrogen-bond donors (Lipinski definition) is 2. The molecule has 4 aromatic carbocycles. The summed E-state index contributed by atoms with van der Waals surface area (Å²) in [5, 5.41) is 4.77. The SMILES string of the molecule is COc1ccccc1-c1csc(NC(=O)C(Sc2ccc(NS(=O)(=O)c3ccc(C)cc3)cc2)c2ccccc2)n1. The average Bonchev–Trinajstić information content (AvgIpc) is 3.45. The van der Waals surface area contributed by atoms with Gasteiger partial charge in [-0.2, -0.15) is 0 Å². The molecule has 5 aromatic rings. The van der Waals surface area contributed by atoms with Crippen molar-refractivity contribution in [3.8, 4) is 17.0 Å². The number of thiazole rings is 1. The first-order valence-corrected chi connectivity index (χ1v) is 15.9. The van der Waals surface area contributed by atoms with Gasteiger partial charge < -0.3 is 10.1 Å². The molecule has 7 nitrogen and oxygen atoms in total. The van der Waals surface area contributed by atoms with Gasteiger partial charge in [0.1, 0.15) is 11.0 Å². The molecule has 0 spiro atoms. The second-order valence-corrected chi connectivity index (χ2v) is 12.8. The van der Waals surface area contributed by atoms with Crippen molar-refractivity contribution >= 4 is 49.8 Å². The number of rotatable bonds is 10. The molecule has 0 saturated heterocycles. The molecule has 0 radical (unpaired) electrons. The molecule has 41 heavy (non-hydrogen) atoms. The normalized spacial score (nSPS) is 12.0. The number of sulfonamides is 1. The monoisotopic (exact) mass is 601 g/mol. The number of methoxy groups -OCH3 is 1. The number of nitrogens with zero attached hydrogens (tertiary/aromatic N) is 1. The zero-order valence-corrected chi connectivity index (χ0v) is 24.7. The van der Waals surface area contributed by atoms with Gasteiger partial charge in [0.15, 0.2) is 5.13 Å². The van der Waals surface area contributed by atoms with Gasteiger partial charge in [0, 0.05) is 21.5 Å². The second kappa shape index (κ2) is 12.6. The highest BCUT2D eigenvalue weighted by atomic mass is 32.2. The standard InChI is InChI=1S/C31H27N3O4S3/c1-21-12-18-25(19-13-21)41(36,37)34-23-14-16-24(17-15-23)40-29(22-8-4-3-5-9-22)30(35)33-31-32-27(20-39-31)26-10-6-7-11-28(26)38-2/h3-20,29,34H,1-2H3,(H,32,33,35). The van der Waals surface area contributed by atoms with E-state index in [9.17, 15) is 13.2 Å². The fourth-order valence-corrected chi connectivity index (χ4v) is 6.85. The van der Waals surface area contributed by atoms with E-state index in [1.165, 1.54) is 23.1 Å². The van der Waals surface area contributed by atoms with Crippen molar-refractivity contribution < 1.29 is 17.9 Å². The number of amides is 1. The van der Waals surface area contributed by atoms with Crippen LogP contribution in [0, 0.1) is 6.92 Å². The van der Waals surface area contributed by atoms with Crippen LogP contribution in [-0.2, 0) is 14.8 Å². The molecule has 0 bridgehead atoms. The van der Waals surface area contributed by atoms with Crippen molar-refractivity contribution in [2.24, 2.45) is 0 Å². The van der Waals surface area contributed by atoms with Crippen LogP contribution in [0.2, 0.25) is 0 Å². The van der Waals surface area contributed by atoms with E-state index < -0.39 is 15.3 Å². The van der Waals surface area contributed by atoms with E-state index >= 15 is 0 Å². The van der Waals surface area contributed by atoms with Crippen LogP contribution in [0.3, 0.4) is 0 Å². The third-order valence-corrected chi connectivity index (χ3v) is 9.57. The molecule has 1 unspecified atom stereocenters. The van der Waals surface area contributed by atoms with E-state index in [-0.39, 0.29) is 10.8 Å². The Hall–Kier alpha value is -4.12. The Morgan fingerprint density at radius 2 is 1.59 bits per heavy atom. The van der Waals surface area contributed by atoms with Crippen molar-refractivity contribution in [2.75, 3.05) is 17.1 Å². The van der Waals surface area contributed by atoms with E-state index in [0.717, 1.165) is 27.3 Å². The Balaban J connectivity index is 1.32. The van der Waals surface area contributed by atoms with Crippen LogP contribution in [0.4, 0.5) is 10.8 Å². The molecular formula is C31H27N3O4S3. The van der Waals surface area contributed by atoms with E-state index in [2.05, 4.69) is 15.0 Å². The van der Waals surface area contributed by atoms with Crippen LogP contribution in [0.25, 0.3) is 11.3 Å². The third kappa shape index (κ3) is 6.97. The molecule has 1 heterocycles. The van der Waals surface area contributed by atoms with Gasteiger partial charge in [-0.05, 0) is 61.0 Å². The summed E-state index contributed by atoms with van der Waals surface area (Å²) in [4.78, 5) is 19.2. The predicted octanol–water partition coefficient (Wildman–Crippen LogP) is 7.40. The third-order valence-electron chi connectivity index (χ3n) is 6.15. The maximum Gasteiger partial charge on any atom is 0.261 e. The molecular weight excluding hydrogens is 575 g/mol. The Morgan fingerprint density at radius 1 is 0.902 bits per heavy atom. The Labute approximate surface area is 247 Å². The Morgan fingerprint density at radius 3 is 2.29 bits per heavy atom. The van der Waals surface area contributed by atoms with Crippen molar-refractivity contribution in [1.82, 2.24) is 4.98 Å². The summed E-state index contributed by atoms with van der Waals surface area (Å²) in [6, 6.07) is 30.7. The summed E-state index contributed by atoms with van der Waals surface area (Å²) >= 11 is 2.71. The summed E-state index contributed by atoms with van der Waals surface area (Å²) in [6.45, 7) is 1.90. The summed E-state index contributed by atoms with van der Waals surface area (Å²) in [5.74, 6) is 0.490. The fraction of sp³-hybridized carbons (Fsp3) is 0.0968.